The smallest absolute Gasteiger partial charge is 0.171 e. The molecule has 4 rings (SSSR count). The molecule has 3 aliphatic rings. The zero-order chi connectivity index (χ0) is 11.6. The maximum Gasteiger partial charge on any atom is 0.171 e. The first-order chi connectivity index (χ1) is 8.28. The molecule has 3 heteroatoms. The van der Waals surface area contributed by atoms with Crippen molar-refractivity contribution in [3.8, 4) is 0 Å². The van der Waals surface area contributed by atoms with E-state index in [1.807, 2.05) is 6.92 Å². The maximum atomic E-state index is 6.31. The van der Waals surface area contributed by atoms with Crippen LogP contribution in [0.4, 0.5) is 0 Å². The molecule has 3 nitrogen and oxygen atoms in total. The van der Waals surface area contributed by atoms with Crippen LogP contribution in [0, 0.1) is 5.92 Å². The van der Waals surface area contributed by atoms with Crippen LogP contribution in [0.2, 0.25) is 0 Å². The molecule has 4 atom stereocenters. The summed E-state index contributed by atoms with van der Waals surface area (Å²) in [5.74, 6) is 0.310. The zero-order valence-electron chi connectivity index (χ0n) is 10.0. The highest BCUT2D eigenvalue weighted by molar-refractivity contribution is 5.87. The Balaban J connectivity index is 1.95. The molecule has 0 amide bonds. The minimum absolute atomic E-state index is 0.0763. The highest BCUT2D eigenvalue weighted by Crippen LogP contribution is 2.61. The number of oxime groups is 1. The monoisotopic (exact) mass is 229 g/mol. The molecule has 88 valence electrons. The molecule has 3 aliphatic heterocycles. The van der Waals surface area contributed by atoms with Crippen LogP contribution < -0.4 is 0 Å². The van der Waals surface area contributed by atoms with Gasteiger partial charge in [0.1, 0.15) is 5.60 Å². The Bertz CT molecular complexity index is 525. The quantitative estimate of drug-likeness (QED) is 0.741. The third-order valence-corrected chi connectivity index (χ3v) is 4.49. The van der Waals surface area contributed by atoms with Gasteiger partial charge in [-0.3, -0.25) is 0 Å². The second kappa shape index (κ2) is 2.91. The largest absolute Gasteiger partial charge is 0.388 e. The van der Waals surface area contributed by atoms with E-state index in [4.69, 9.17) is 9.57 Å². The van der Waals surface area contributed by atoms with E-state index in [-0.39, 0.29) is 17.8 Å². The number of hydrogen-bond acceptors (Lipinski definition) is 3. The van der Waals surface area contributed by atoms with Gasteiger partial charge in [-0.2, -0.15) is 0 Å². The Morgan fingerprint density at radius 3 is 3.00 bits per heavy atom. The van der Waals surface area contributed by atoms with Gasteiger partial charge in [0.15, 0.2) is 6.10 Å². The van der Waals surface area contributed by atoms with Crippen molar-refractivity contribution in [1.82, 2.24) is 0 Å². The number of rotatable bonds is 1. The second-order valence-corrected chi connectivity index (χ2v) is 5.15. The molecule has 0 saturated carbocycles. The number of nitrogens with zero attached hydrogens (tertiary/aromatic N) is 1. The Morgan fingerprint density at radius 2 is 2.18 bits per heavy atom. The van der Waals surface area contributed by atoms with Gasteiger partial charge in [0, 0.05) is 0 Å². The van der Waals surface area contributed by atoms with E-state index in [9.17, 15) is 0 Å². The van der Waals surface area contributed by atoms with Gasteiger partial charge in [-0.05, 0) is 24.5 Å². The molecule has 17 heavy (non-hydrogen) atoms. The molecule has 0 spiro atoms. The van der Waals surface area contributed by atoms with Crippen molar-refractivity contribution in [3.63, 3.8) is 0 Å². The van der Waals surface area contributed by atoms with Gasteiger partial charge in [-0.25, -0.2) is 0 Å². The van der Waals surface area contributed by atoms with Crippen LogP contribution >= 0.6 is 0 Å². The van der Waals surface area contributed by atoms with Crippen molar-refractivity contribution < 1.29 is 9.57 Å². The molecule has 0 aromatic heterocycles. The molecule has 0 unspecified atom stereocenters. The van der Waals surface area contributed by atoms with Crippen LogP contribution in [-0.4, -0.2) is 11.8 Å². The van der Waals surface area contributed by atoms with Crippen LogP contribution in [0.25, 0.3) is 0 Å². The first kappa shape index (κ1) is 9.66. The van der Waals surface area contributed by atoms with Gasteiger partial charge in [0.2, 0.25) is 0 Å². The number of benzene rings is 1. The SMILES string of the molecule is CC[C@]12O[C@H](c3ccccc31)[C@H]1C(C)=NO[C@H]12. The summed E-state index contributed by atoms with van der Waals surface area (Å²) in [6, 6.07) is 8.52. The van der Waals surface area contributed by atoms with Gasteiger partial charge in [0.25, 0.3) is 0 Å². The van der Waals surface area contributed by atoms with Crippen molar-refractivity contribution in [2.75, 3.05) is 0 Å². The lowest BCUT2D eigenvalue weighted by Crippen LogP contribution is -2.40. The Hall–Kier alpha value is -1.35. The summed E-state index contributed by atoms with van der Waals surface area (Å²) in [5.41, 5.74) is 3.44. The number of hydrogen-bond donors (Lipinski definition) is 0. The summed E-state index contributed by atoms with van der Waals surface area (Å²) in [4.78, 5) is 5.64. The Labute approximate surface area is 100 Å². The molecule has 1 aromatic carbocycles. The molecular weight excluding hydrogens is 214 g/mol. The van der Waals surface area contributed by atoms with Crippen LogP contribution in [0.5, 0.6) is 0 Å². The number of ether oxygens (including phenoxy) is 1. The van der Waals surface area contributed by atoms with Crippen molar-refractivity contribution >= 4 is 5.71 Å². The van der Waals surface area contributed by atoms with Gasteiger partial charge in [-0.1, -0.05) is 36.3 Å². The lowest BCUT2D eigenvalue weighted by atomic mass is 9.72. The van der Waals surface area contributed by atoms with E-state index >= 15 is 0 Å². The fourth-order valence-electron chi connectivity index (χ4n) is 3.68. The predicted molar refractivity (Wildman–Crippen MR) is 63.7 cm³/mol. The Morgan fingerprint density at radius 1 is 1.35 bits per heavy atom. The van der Waals surface area contributed by atoms with Gasteiger partial charge in [0.05, 0.1) is 17.7 Å². The van der Waals surface area contributed by atoms with E-state index in [0.29, 0.717) is 5.92 Å². The lowest BCUT2D eigenvalue weighted by Gasteiger charge is -2.31. The fraction of sp³-hybridized carbons (Fsp3) is 0.500. The zero-order valence-corrected chi connectivity index (χ0v) is 10.0. The summed E-state index contributed by atoms with van der Waals surface area (Å²) >= 11 is 0. The van der Waals surface area contributed by atoms with Crippen molar-refractivity contribution in [3.05, 3.63) is 35.4 Å². The van der Waals surface area contributed by atoms with Crippen LogP contribution in [-0.2, 0) is 15.2 Å². The van der Waals surface area contributed by atoms with E-state index in [1.165, 1.54) is 11.1 Å². The van der Waals surface area contributed by atoms with Crippen molar-refractivity contribution in [1.29, 1.82) is 0 Å². The standard InChI is InChI=1S/C14H15NO2/c1-3-14-10-7-5-4-6-9(10)12(16-14)11-8(2)15-17-13(11)14/h4-7,11-13H,3H2,1-2H3/t11-,12-,13-,14+/m1/s1. The predicted octanol–water partition coefficient (Wildman–Crippen LogP) is 2.77. The van der Waals surface area contributed by atoms with Crippen LogP contribution in [0.1, 0.15) is 37.5 Å². The topological polar surface area (TPSA) is 30.8 Å². The lowest BCUT2D eigenvalue weighted by molar-refractivity contribution is -0.0939. The van der Waals surface area contributed by atoms with Gasteiger partial charge < -0.3 is 9.57 Å². The van der Waals surface area contributed by atoms with Crippen molar-refractivity contribution in [2.45, 2.75) is 38.1 Å². The third kappa shape index (κ3) is 0.914. The molecular formula is C14H15NO2. The summed E-state index contributed by atoms with van der Waals surface area (Å²) in [7, 11) is 0. The molecule has 0 aliphatic carbocycles. The molecule has 2 bridgehead atoms. The van der Waals surface area contributed by atoms with E-state index < -0.39 is 0 Å². The molecule has 3 heterocycles. The first-order valence-electron chi connectivity index (χ1n) is 6.25. The van der Waals surface area contributed by atoms with E-state index in [0.717, 1.165) is 12.1 Å². The second-order valence-electron chi connectivity index (χ2n) is 5.15. The first-order valence-corrected chi connectivity index (χ1v) is 6.25. The average Bonchev–Trinajstić information content (AvgIpc) is 2.99. The molecule has 1 aromatic rings. The average molecular weight is 229 g/mol. The van der Waals surface area contributed by atoms with Crippen LogP contribution in [0.15, 0.2) is 29.4 Å². The minimum Gasteiger partial charge on any atom is -0.388 e. The van der Waals surface area contributed by atoms with E-state index in [1.54, 1.807) is 0 Å². The normalized spacial score (nSPS) is 40.8. The molecule has 1 saturated heterocycles. The van der Waals surface area contributed by atoms with E-state index in [2.05, 4.69) is 36.3 Å². The van der Waals surface area contributed by atoms with Crippen LogP contribution in [0.3, 0.4) is 0 Å². The summed E-state index contributed by atoms with van der Waals surface area (Å²) < 4.78 is 6.31. The summed E-state index contributed by atoms with van der Waals surface area (Å²) in [5, 5.41) is 4.17. The van der Waals surface area contributed by atoms with Gasteiger partial charge >= 0.3 is 0 Å². The molecule has 0 N–H and O–H groups in total. The molecule has 1 fully saturated rings. The third-order valence-electron chi connectivity index (χ3n) is 4.49. The summed E-state index contributed by atoms with van der Waals surface area (Å²) in [6.07, 6.45) is 1.15. The van der Waals surface area contributed by atoms with Crippen molar-refractivity contribution in [2.24, 2.45) is 11.1 Å². The molecule has 0 radical (unpaired) electrons. The maximum absolute atomic E-state index is 6.31. The minimum atomic E-state index is -0.271. The summed E-state index contributed by atoms with van der Waals surface area (Å²) in [6.45, 7) is 4.21. The number of fused-ring (bicyclic) bond motifs is 8. The van der Waals surface area contributed by atoms with Gasteiger partial charge in [-0.15, -0.1) is 0 Å². The highest BCUT2D eigenvalue weighted by Gasteiger charge is 2.65. The fourth-order valence-corrected chi connectivity index (χ4v) is 3.68. The highest BCUT2D eigenvalue weighted by atomic mass is 16.7. The Kier molecular flexibility index (Phi) is 1.65.